The van der Waals surface area contributed by atoms with Gasteiger partial charge in [-0.3, -0.25) is 0 Å². The van der Waals surface area contributed by atoms with E-state index in [1.54, 1.807) is 0 Å². The average Bonchev–Trinajstić information content (AvgIpc) is 3.22. The lowest BCUT2D eigenvalue weighted by atomic mass is 10.0. The lowest BCUT2D eigenvalue weighted by molar-refractivity contribution is 0.693. The number of aromatic nitrogens is 1. The number of halogens is 1. The Labute approximate surface area is 165 Å². The molecule has 0 aliphatic carbocycles. The Hall–Kier alpha value is -2.60. The molecule has 1 radical (unpaired) electrons. The number of nitrogens with one attached hydrogen (secondary N) is 1. The van der Waals surface area contributed by atoms with Gasteiger partial charge >= 0.3 is 0 Å². The summed E-state index contributed by atoms with van der Waals surface area (Å²) in [5, 5.41) is 4.22. The van der Waals surface area contributed by atoms with Gasteiger partial charge in [0.1, 0.15) is 5.69 Å². The van der Waals surface area contributed by atoms with Gasteiger partial charge in [0.05, 0.1) is 0 Å². The second kappa shape index (κ2) is 8.39. The van der Waals surface area contributed by atoms with Gasteiger partial charge in [-0.1, -0.05) is 47.9 Å². The van der Waals surface area contributed by atoms with Crippen molar-refractivity contribution in [2.24, 2.45) is 0 Å². The van der Waals surface area contributed by atoms with E-state index in [4.69, 9.17) is 11.6 Å². The second-order valence-corrected chi connectivity index (χ2v) is 7.12. The Kier molecular flexibility index (Phi) is 5.53. The summed E-state index contributed by atoms with van der Waals surface area (Å²) < 4.78 is 0. The van der Waals surface area contributed by atoms with Gasteiger partial charge in [0.25, 0.3) is 0 Å². The molecule has 3 aromatic rings. The van der Waals surface area contributed by atoms with Crippen molar-refractivity contribution >= 4 is 11.6 Å². The molecular weight excluding hydrogens is 352 g/mol. The fourth-order valence-corrected chi connectivity index (χ4v) is 3.31. The predicted molar refractivity (Wildman–Crippen MR) is 112 cm³/mol. The minimum Gasteiger partial charge on any atom is -0.313 e. The maximum absolute atomic E-state index is 5.94. The van der Waals surface area contributed by atoms with E-state index in [0.717, 1.165) is 34.0 Å². The first-order chi connectivity index (χ1) is 13.3. The summed E-state index contributed by atoms with van der Waals surface area (Å²) in [5.74, 6) is 6.33. The second-order valence-electron chi connectivity index (χ2n) is 6.68. The smallest absolute Gasteiger partial charge is 0.113 e. The molecule has 1 saturated heterocycles. The van der Waals surface area contributed by atoms with Crippen molar-refractivity contribution in [3.05, 3.63) is 95.1 Å². The van der Waals surface area contributed by atoms with E-state index in [1.165, 1.54) is 18.4 Å². The molecule has 0 saturated carbocycles. The molecule has 0 spiro atoms. The molecule has 3 heteroatoms. The summed E-state index contributed by atoms with van der Waals surface area (Å²) in [4.78, 5) is 4.46. The van der Waals surface area contributed by atoms with Crippen LogP contribution in [0.2, 0.25) is 5.02 Å². The zero-order chi connectivity index (χ0) is 18.5. The molecule has 2 nitrogen and oxygen atoms in total. The molecule has 1 N–H and O–H groups in total. The third-order valence-corrected chi connectivity index (χ3v) is 4.93. The van der Waals surface area contributed by atoms with Crippen LogP contribution in [0.25, 0.3) is 11.1 Å². The fraction of sp³-hybridized carbons (Fsp3) is 0.167. The summed E-state index contributed by atoms with van der Waals surface area (Å²) >= 11 is 5.94. The van der Waals surface area contributed by atoms with E-state index < -0.39 is 0 Å². The van der Waals surface area contributed by atoms with Crippen molar-refractivity contribution in [2.45, 2.75) is 18.9 Å². The van der Waals surface area contributed by atoms with E-state index in [0.29, 0.717) is 6.04 Å². The highest BCUT2D eigenvalue weighted by atomic mass is 35.5. The Morgan fingerprint density at radius 1 is 0.926 bits per heavy atom. The van der Waals surface area contributed by atoms with Crippen LogP contribution in [0.4, 0.5) is 0 Å². The highest BCUT2D eigenvalue weighted by Gasteiger charge is 2.14. The third-order valence-electron chi connectivity index (χ3n) is 4.68. The Morgan fingerprint density at radius 3 is 2.37 bits per heavy atom. The van der Waals surface area contributed by atoms with E-state index in [9.17, 15) is 0 Å². The molecule has 0 unspecified atom stereocenters. The van der Waals surface area contributed by atoms with Crippen molar-refractivity contribution in [3.63, 3.8) is 0 Å². The van der Waals surface area contributed by atoms with E-state index in [-0.39, 0.29) is 0 Å². The molecule has 2 aromatic carbocycles. The standard InChI is InChI=1S/C24H20ClN2/c25-22-11-8-20(9-12-22)21-10-14-23(27-17-21)13-7-18-3-5-19(6-4-18)16-24-2-1-15-26-24/h3-6,8-12,14,16-17,24,26H,1-2,15H2/t24-/m0/s1. The quantitative estimate of drug-likeness (QED) is 0.647. The number of pyridine rings is 1. The van der Waals surface area contributed by atoms with Gasteiger partial charge in [-0.2, -0.15) is 0 Å². The highest BCUT2D eigenvalue weighted by Crippen LogP contribution is 2.20. The molecule has 1 aliphatic rings. The summed E-state index contributed by atoms with van der Waals surface area (Å²) in [5.41, 5.74) is 5.15. The number of hydrogen-bond donors (Lipinski definition) is 1. The summed E-state index contributed by atoms with van der Waals surface area (Å²) in [7, 11) is 0. The van der Waals surface area contributed by atoms with Crippen molar-refractivity contribution in [2.75, 3.05) is 6.54 Å². The first-order valence-corrected chi connectivity index (χ1v) is 9.56. The van der Waals surface area contributed by atoms with Crippen LogP contribution in [0.15, 0.2) is 66.9 Å². The molecule has 1 fully saturated rings. The van der Waals surface area contributed by atoms with Gasteiger partial charge in [-0.15, -0.1) is 0 Å². The molecule has 0 bridgehead atoms. The maximum atomic E-state index is 5.94. The van der Waals surface area contributed by atoms with Gasteiger partial charge in [-0.25, -0.2) is 4.98 Å². The van der Waals surface area contributed by atoms with Crippen molar-refractivity contribution < 1.29 is 0 Å². The van der Waals surface area contributed by atoms with Crippen molar-refractivity contribution in [1.29, 1.82) is 0 Å². The fourth-order valence-electron chi connectivity index (χ4n) is 3.18. The number of benzene rings is 2. The van der Waals surface area contributed by atoms with Crippen LogP contribution in [0.3, 0.4) is 0 Å². The first kappa shape index (κ1) is 17.8. The Morgan fingerprint density at radius 2 is 1.70 bits per heavy atom. The van der Waals surface area contributed by atoms with Crippen LogP contribution in [-0.4, -0.2) is 17.6 Å². The lowest BCUT2D eigenvalue weighted by Gasteiger charge is -2.09. The third kappa shape index (κ3) is 4.77. The number of nitrogens with zero attached hydrogens (tertiary/aromatic N) is 1. The zero-order valence-corrected chi connectivity index (χ0v) is 15.7. The van der Waals surface area contributed by atoms with E-state index in [2.05, 4.69) is 52.8 Å². The zero-order valence-electron chi connectivity index (χ0n) is 15.0. The summed E-state index contributed by atoms with van der Waals surface area (Å²) in [6.07, 6.45) is 6.62. The predicted octanol–water partition coefficient (Wildman–Crippen LogP) is 5.11. The Bertz CT molecular complexity index is 943. The number of rotatable bonds is 3. The van der Waals surface area contributed by atoms with E-state index in [1.807, 2.05) is 42.6 Å². The maximum Gasteiger partial charge on any atom is 0.113 e. The molecule has 2 heterocycles. The lowest BCUT2D eigenvalue weighted by Crippen LogP contribution is -2.21. The van der Waals surface area contributed by atoms with Crippen LogP contribution in [0.5, 0.6) is 0 Å². The molecule has 4 rings (SSSR count). The summed E-state index contributed by atoms with van der Waals surface area (Å²) in [6, 6.07) is 20.6. The van der Waals surface area contributed by atoms with Gasteiger partial charge in [0, 0.05) is 34.8 Å². The molecular formula is C24H20ClN2. The normalized spacial score (nSPS) is 16.0. The minimum atomic E-state index is 0.505. The van der Waals surface area contributed by atoms with Gasteiger partial charge < -0.3 is 5.32 Å². The van der Waals surface area contributed by atoms with Crippen LogP contribution in [0.1, 0.15) is 29.7 Å². The summed E-state index contributed by atoms with van der Waals surface area (Å²) in [6.45, 7) is 1.12. The minimum absolute atomic E-state index is 0.505. The van der Waals surface area contributed by atoms with Crippen LogP contribution in [0, 0.1) is 18.3 Å². The largest absolute Gasteiger partial charge is 0.313 e. The molecule has 1 aliphatic heterocycles. The first-order valence-electron chi connectivity index (χ1n) is 9.19. The average molecular weight is 372 g/mol. The molecule has 133 valence electrons. The van der Waals surface area contributed by atoms with Gasteiger partial charge in [0.2, 0.25) is 0 Å². The van der Waals surface area contributed by atoms with Crippen LogP contribution < -0.4 is 5.32 Å². The molecule has 1 aromatic heterocycles. The molecule has 27 heavy (non-hydrogen) atoms. The molecule has 0 amide bonds. The van der Waals surface area contributed by atoms with Crippen LogP contribution >= 0.6 is 11.6 Å². The van der Waals surface area contributed by atoms with Crippen molar-refractivity contribution in [3.8, 4) is 23.0 Å². The Balaban J connectivity index is 1.42. The topological polar surface area (TPSA) is 24.9 Å². The monoisotopic (exact) mass is 371 g/mol. The SMILES string of the molecule is Clc1ccc(-c2ccc(C#Cc3ccc([CH][C@@H]4CCCN4)cc3)nc2)cc1. The highest BCUT2D eigenvalue weighted by molar-refractivity contribution is 6.30. The van der Waals surface area contributed by atoms with Gasteiger partial charge in [-0.05, 0) is 66.8 Å². The van der Waals surface area contributed by atoms with E-state index >= 15 is 0 Å². The van der Waals surface area contributed by atoms with Crippen LogP contribution in [-0.2, 0) is 0 Å². The molecule has 1 atom stereocenters. The number of hydrogen-bond acceptors (Lipinski definition) is 2. The van der Waals surface area contributed by atoms with Gasteiger partial charge in [0.15, 0.2) is 0 Å². The van der Waals surface area contributed by atoms with Crippen molar-refractivity contribution in [1.82, 2.24) is 10.3 Å².